The highest BCUT2D eigenvalue weighted by Crippen LogP contribution is 2.55. The van der Waals surface area contributed by atoms with Gasteiger partial charge < -0.3 is 15.0 Å². The second-order valence-electron chi connectivity index (χ2n) is 7.84. The van der Waals surface area contributed by atoms with Crippen molar-refractivity contribution in [1.29, 1.82) is 0 Å². The van der Waals surface area contributed by atoms with E-state index in [4.69, 9.17) is 4.74 Å². The van der Waals surface area contributed by atoms with Crippen LogP contribution in [0.3, 0.4) is 0 Å². The minimum atomic E-state index is -1.19. The molecular formula is C25H22FN3O3S. The number of ether oxygens (including phenoxy) is 1. The van der Waals surface area contributed by atoms with Crippen molar-refractivity contribution in [3.05, 3.63) is 89.7 Å². The molecule has 0 aromatic heterocycles. The fraction of sp³-hybridized carbons (Fsp3) is 0.200. The van der Waals surface area contributed by atoms with Gasteiger partial charge in [-0.15, -0.1) is 11.8 Å². The van der Waals surface area contributed by atoms with Crippen LogP contribution in [0.5, 0.6) is 5.75 Å². The lowest BCUT2D eigenvalue weighted by Crippen LogP contribution is -2.51. The number of hydrogen-bond donors (Lipinski definition) is 1. The first-order valence-corrected chi connectivity index (χ1v) is 11.5. The molecule has 0 bridgehead atoms. The van der Waals surface area contributed by atoms with E-state index in [-0.39, 0.29) is 11.7 Å². The molecule has 2 aliphatic heterocycles. The fourth-order valence-corrected chi connectivity index (χ4v) is 5.82. The molecule has 1 N–H and O–H groups in total. The molecule has 1 saturated heterocycles. The normalized spacial score (nSPS) is 19.2. The van der Waals surface area contributed by atoms with Gasteiger partial charge in [0.2, 0.25) is 0 Å². The van der Waals surface area contributed by atoms with Crippen LogP contribution in [-0.4, -0.2) is 36.2 Å². The molecule has 168 valence electrons. The summed E-state index contributed by atoms with van der Waals surface area (Å²) in [6.07, 6.45) is 0. The van der Waals surface area contributed by atoms with Crippen molar-refractivity contribution in [2.24, 2.45) is 0 Å². The standard InChI is InChI=1S/C25H22FN3O3S/c1-32-20-11-12-22-21(15-20)25(23(30)28(22)16-17-5-3-2-4-6-17)29(13-14-33-25)24(31)27-19-9-7-18(26)8-10-19/h2-12,15H,13-14,16H2,1H3,(H,27,31). The number of anilines is 2. The van der Waals surface area contributed by atoms with Crippen LogP contribution >= 0.6 is 11.8 Å². The van der Waals surface area contributed by atoms with Gasteiger partial charge in [0.25, 0.3) is 5.91 Å². The number of benzene rings is 3. The number of thioether (sulfide) groups is 1. The van der Waals surface area contributed by atoms with Crippen molar-refractivity contribution < 1.29 is 18.7 Å². The maximum absolute atomic E-state index is 14.0. The summed E-state index contributed by atoms with van der Waals surface area (Å²) in [6, 6.07) is 20.5. The molecule has 0 radical (unpaired) electrons. The molecular weight excluding hydrogens is 441 g/mol. The smallest absolute Gasteiger partial charge is 0.323 e. The largest absolute Gasteiger partial charge is 0.497 e. The van der Waals surface area contributed by atoms with E-state index in [1.165, 1.54) is 36.0 Å². The number of nitrogens with zero attached hydrogens (tertiary/aromatic N) is 2. The number of hydrogen-bond acceptors (Lipinski definition) is 4. The third-order valence-electron chi connectivity index (χ3n) is 5.92. The van der Waals surface area contributed by atoms with Gasteiger partial charge in [0.05, 0.1) is 19.3 Å². The molecule has 3 aromatic carbocycles. The molecule has 1 unspecified atom stereocenters. The number of carbonyl (C=O) groups is 2. The monoisotopic (exact) mass is 463 g/mol. The predicted octanol–water partition coefficient (Wildman–Crippen LogP) is 4.81. The predicted molar refractivity (Wildman–Crippen MR) is 127 cm³/mol. The Kier molecular flexibility index (Phi) is 5.46. The summed E-state index contributed by atoms with van der Waals surface area (Å²) in [5.41, 5.74) is 2.96. The van der Waals surface area contributed by atoms with Crippen molar-refractivity contribution in [3.8, 4) is 5.75 Å². The SMILES string of the molecule is COc1ccc2c(c1)C1(SCCN1C(=O)Nc1ccc(F)cc1)C(=O)N2Cc1ccccc1. The van der Waals surface area contributed by atoms with Crippen LogP contribution in [0.4, 0.5) is 20.6 Å². The molecule has 33 heavy (non-hydrogen) atoms. The van der Waals surface area contributed by atoms with E-state index in [1.807, 2.05) is 48.5 Å². The number of nitrogens with one attached hydrogen (secondary N) is 1. The van der Waals surface area contributed by atoms with E-state index >= 15 is 0 Å². The topological polar surface area (TPSA) is 61.9 Å². The summed E-state index contributed by atoms with van der Waals surface area (Å²) < 4.78 is 18.7. The van der Waals surface area contributed by atoms with Gasteiger partial charge >= 0.3 is 6.03 Å². The molecule has 5 rings (SSSR count). The lowest BCUT2D eigenvalue weighted by molar-refractivity contribution is -0.123. The number of fused-ring (bicyclic) bond motifs is 2. The van der Waals surface area contributed by atoms with E-state index in [9.17, 15) is 14.0 Å². The van der Waals surface area contributed by atoms with Gasteiger partial charge in [-0.05, 0) is 48.0 Å². The Labute approximate surface area is 195 Å². The van der Waals surface area contributed by atoms with Crippen molar-refractivity contribution >= 4 is 35.1 Å². The Morgan fingerprint density at radius 1 is 1.12 bits per heavy atom. The second kappa shape index (κ2) is 8.44. The minimum Gasteiger partial charge on any atom is -0.497 e. The molecule has 3 aromatic rings. The maximum atomic E-state index is 14.0. The Hall–Kier alpha value is -3.52. The molecule has 2 heterocycles. The Balaban J connectivity index is 1.54. The number of urea groups is 1. The zero-order valence-electron chi connectivity index (χ0n) is 18.0. The van der Waals surface area contributed by atoms with Crippen LogP contribution in [-0.2, 0) is 16.2 Å². The van der Waals surface area contributed by atoms with Crippen LogP contribution in [0, 0.1) is 5.82 Å². The van der Waals surface area contributed by atoms with Crippen LogP contribution < -0.4 is 15.0 Å². The van der Waals surface area contributed by atoms with Gasteiger partial charge in [0, 0.05) is 23.5 Å². The molecule has 1 fully saturated rings. The van der Waals surface area contributed by atoms with Crippen molar-refractivity contribution in [2.45, 2.75) is 11.4 Å². The molecule has 0 aliphatic carbocycles. The second-order valence-corrected chi connectivity index (χ2v) is 9.13. The fourth-order valence-electron chi connectivity index (χ4n) is 4.37. The summed E-state index contributed by atoms with van der Waals surface area (Å²) in [6.45, 7) is 0.800. The van der Waals surface area contributed by atoms with Crippen LogP contribution in [0.25, 0.3) is 0 Å². The van der Waals surface area contributed by atoms with Gasteiger partial charge in [-0.2, -0.15) is 0 Å². The number of halogens is 1. The van der Waals surface area contributed by atoms with Crippen LogP contribution in [0.1, 0.15) is 11.1 Å². The quantitative estimate of drug-likeness (QED) is 0.603. The van der Waals surface area contributed by atoms with E-state index in [1.54, 1.807) is 16.9 Å². The average Bonchev–Trinajstić information content (AvgIpc) is 3.38. The third kappa shape index (κ3) is 3.60. The lowest BCUT2D eigenvalue weighted by atomic mass is 10.1. The van der Waals surface area contributed by atoms with Gasteiger partial charge in [0.1, 0.15) is 11.6 Å². The molecule has 3 amide bonds. The van der Waals surface area contributed by atoms with Crippen molar-refractivity contribution in [1.82, 2.24) is 4.90 Å². The third-order valence-corrected chi connectivity index (χ3v) is 7.34. The molecule has 1 spiro atoms. The lowest BCUT2D eigenvalue weighted by Gasteiger charge is -2.33. The molecule has 6 nitrogen and oxygen atoms in total. The molecule has 2 aliphatic rings. The Bertz CT molecular complexity index is 1210. The zero-order valence-corrected chi connectivity index (χ0v) is 18.8. The summed E-state index contributed by atoms with van der Waals surface area (Å²) in [5, 5.41) is 2.81. The summed E-state index contributed by atoms with van der Waals surface area (Å²) in [7, 11) is 1.58. The molecule has 1 atom stereocenters. The molecule has 0 saturated carbocycles. The first kappa shape index (κ1) is 21.3. The first-order chi connectivity index (χ1) is 16.0. The Morgan fingerprint density at radius 2 is 1.88 bits per heavy atom. The minimum absolute atomic E-state index is 0.161. The highest BCUT2D eigenvalue weighted by Gasteiger charge is 2.59. The zero-order chi connectivity index (χ0) is 23.0. The van der Waals surface area contributed by atoms with Crippen LogP contribution in [0.15, 0.2) is 72.8 Å². The highest BCUT2D eigenvalue weighted by atomic mass is 32.2. The first-order valence-electron chi connectivity index (χ1n) is 10.6. The highest BCUT2D eigenvalue weighted by molar-refractivity contribution is 8.01. The number of carbonyl (C=O) groups excluding carboxylic acids is 2. The van der Waals surface area contributed by atoms with Gasteiger partial charge in [-0.25, -0.2) is 9.18 Å². The molecule has 8 heteroatoms. The Morgan fingerprint density at radius 3 is 2.61 bits per heavy atom. The number of rotatable bonds is 4. The summed E-state index contributed by atoms with van der Waals surface area (Å²) in [4.78, 5) is 29.5. The van der Waals surface area contributed by atoms with E-state index in [0.717, 1.165) is 16.8 Å². The van der Waals surface area contributed by atoms with E-state index < -0.39 is 10.9 Å². The van der Waals surface area contributed by atoms with Crippen molar-refractivity contribution in [2.75, 3.05) is 29.6 Å². The average molecular weight is 464 g/mol. The summed E-state index contributed by atoms with van der Waals surface area (Å²) >= 11 is 1.44. The van der Waals surface area contributed by atoms with Gasteiger partial charge in [-0.1, -0.05) is 30.3 Å². The number of methoxy groups -OCH3 is 1. The van der Waals surface area contributed by atoms with Crippen molar-refractivity contribution in [3.63, 3.8) is 0 Å². The van der Waals surface area contributed by atoms with Gasteiger partial charge in [-0.3, -0.25) is 9.69 Å². The van der Waals surface area contributed by atoms with E-state index in [0.29, 0.717) is 30.3 Å². The van der Waals surface area contributed by atoms with Gasteiger partial charge in [0.15, 0.2) is 4.87 Å². The maximum Gasteiger partial charge on any atom is 0.323 e. The van der Waals surface area contributed by atoms with Crippen LogP contribution in [0.2, 0.25) is 0 Å². The number of amides is 3. The summed E-state index contributed by atoms with van der Waals surface area (Å²) in [5.74, 6) is 0.684. The van der Waals surface area contributed by atoms with E-state index in [2.05, 4.69) is 5.32 Å².